The van der Waals surface area contributed by atoms with E-state index in [4.69, 9.17) is 10.8 Å². The summed E-state index contributed by atoms with van der Waals surface area (Å²) in [7, 11) is -4.09. The number of aromatic nitrogens is 1. The number of nitrogens with two attached hydrogens (primary N) is 1. The molecule has 1 aromatic rings. The molecule has 0 amide bonds. The second-order valence-corrected chi connectivity index (χ2v) is 5.93. The quantitative estimate of drug-likeness (QED) is 0.687. The van der Waals surface area contributed by atoms with Gasteiger partial charge in [0.15, 0.2) is 16.5 Å². The number of aryl methyl sites for hydroxylation is 1. The van der Waals surface area contributed by atoms with Crippen LogP contribution in [-0.4, -0.2) is 30.7 Å². The molecule has 0 bridgehead atoms. The Morgan fingerprint density at radius 3 is 2.53 bits per heavy atom. The van der Waals surface area contributed by atoms with Crippen molar-refractivity contribution >= 4 is 21.8 Å². The summed E-state index contributed by atoms with van der Waals surface area (Å²) in [6.45, 7) is 4.80. The molecule has 9 heteroatoms. The molecule has 8 nitrogen and oxygen atoms in total. The summed E-state index contributed by atoms with van der Waals surface area (Å²) in [6, 6.07) is -1.23. The van der Waals surface area contributed by atoms with Crippen molar-refractivity contribution in [1.29, 1.82) is 0 Å². The largest absolute Gasteiger partial charge is 0.480 e. The Bertz CT molecular complexity index is 546. The number of nitrogens with zero attached hydrogens (tertiary/aromatic N) is 1. The Hall–Kier alpha value is -1.61. The van der Waals surface area contributed by atoms with Crippen molar-refractivity contribution in [2.24, 2.45) is 5.92 Å². The van der Waals surface area contributed by atoms with Crippen molar-refractivity contribution in [3.63, 3.8) is 0 Å². The molecule has 0 saturated carbocycles. The molecule has 0 aliphatic carbocycles. The lowest BCUT2D eigenvalue weighted by atomic mass is 10.0. The molecular weight excluding hydrogens is 274 g/mol. The molecular formula is C10H17N3O5S. The third kappa shape index (κ3) is 3.24. The molecule has 1 rings (SSSR count). The van der Waals surface area contributed by atoms with Crippen LogP contribution in [0.1, 0.15) is 26.0 Å². The van der Waals surface area contributed by atoms with Crippen LogP contribution in [-0.2, 0) is 14.8 Å². The van der Waals surface area contributed by atoms with Gasteiger partial charge in [-0.15, -0.1) is 0 Å². The van der Waals surface area contributed by atoms with E-state index >= 15 is 0 Å². The smallest absolute Gasteiger partial charge is 0.322 e. The number of carboxylic acid groups (broad SMARTS) is 1. The van der Waals surface area contributed by atoms with Crippen LogP contribution >= 0.6 is 0 Å². The highest BCUT2D eigenvalue weighted by Crippen LogP contribution is 2.22. The van der Waals surface area contributed by atoms with Crippen LogP contribution in [0.3, 0.4) is 0 Å². The number of nitrogens with one attached hydrogen (secondary N) is 1. The third-order valence-electron chi connectivity index (χ3n) is 2.86. The van der Waals surface area contributed by atoms with Crippen LogP contribution in [0.5, 0.6) is 0 Å². The monoisotopic (exact) mass is 291 g/mol. The average Bonchev–Trinajstić information content (AvgIpc) is 2.65. The highest BCUT2D eigenvalue weighted by molar-refractivity contribution is 7.89. The minimum absolute atomic E-state index is 0.0123. The SMILES string of the molecule is CC[C@H](C)[C@H](NS(=O)(=O)c1c(N)noc1C)C(=O)O. The van der Waals surface area contributed by atoms with E-state index < -0.39 is 22.0 Å². The molecule has 1 aromatic heterocycles. The number of hydrogen-bond donors (Lipinski definition) is 3. The minimum atomic E-state index is -4.09. The predicted octanol–water partition coefficient (Wildman–Crippen LogP) is 0.343. The number of carbonyl (C=O) groups is 1. The fourth-order valence-corrected chi connectivity index (χ4v) is 3.09. The molecule has 0 radical (unpaired) electrons. The van der Waals surface area contributed by atoms with Gasteiger partial charge in [0.1, 0.15) is 6.04 Å². The van der Waals surface area contributed by atoms with Crippen molar-refractivity contribution < 1.29 is 22.8 Å². The van der Waals surface area contributed by atoms with Gasteiger partial charge in [0.25, 0.3) is 0 Å². The second-order valence-electron chi connectivity index (χ2n) is 4.28. The fourth-order valence-electron chi connectivity index (χ4n) is 1.58. The summed E-state index contributed by atoms with van der Waals surface area (Å²) in [5, 5.41) is 12.4. The van der Waals surface area contributed by atoms with Gasteiger partial charge in [0.2, 0.25) is 10.0 Å². The van der Waals surface area contributed by atoms with Crippen LogP contribution in [0.15, 0.2) is 9.42 Å². The molecule has 0 fully saturated rings. The zero-order valence-electron chi connectivity index (χ0n) is 10.9. The number of hydrogen-bond acceptors (Lipinski definition) is 6. The number of nitrogen functional groups attached to an aromatic ring is 1. The van der Waals surface area contributed by atoms with Crippen molar-refractivity contribution in [2.45, 2.75) is 38.1 Å². The van der Waals surface area contributed by atoms with Crippen molar-refractivity contribution in [1.82, 2.24) is 9.88 Å². The molecule has 19 heavy (non-hydrogen) atoms. The van der Waals surface area contributed by atoms with Gasteiger partial charge in [-0.1, -0.05) is 25.4 Å². The van der Waals surface area contributed by atoms with Crippen molar-refractivity contribution in [3.8, 4) is 0 Å². The number of aliphatic carboxylic acids is 1. The highest BCUT2D eigenvalue weighted by Gasteiger charge is 2.33. The summed E-state index contributed by atoms with van der Waals surface area (Å²) in [5.41, 5.74) is 5.42. The summed E-state index contributed by atoms with van der Waals surface area (Å²) >= 11 is 0. The van der Waals surface area contributed by atoms with E-state index in [1.807, 2.05) is 0 Å². The molecule has 0 aliphatic heterocycles. The van der Waals surface area contributed by atoms with Gasteiger partial charge in [-0.2, -0.15) is 4.72 Å². The minimum Gasteiger partial charge on any atom is -0.480 e. The molecule has 0 spiro atoms. The van der Waals surface area contributed by atoms with Crippen LogP contribution in [0.25, 0.3) is 0 Å². The summed E-state index contributed by atoms with van der Waals surface area (Å²) < 4.78 is 31.0. The lowest BCUT2D eigenvalue weighted by Gasteiger charge is -2.19. The molecule has 1 heterocycles. The lowest BCUT2D eigenvalue weighted by Crippen LogP contribution is -2.45. The van der Waals surface area contributed by atoms with Crippen molar-refractivity contribution in [3.05, 3.63) is 5.76 Å². The van der Waals surface area contributed by atoms with Crippen LogP contribution < -0.4 is 10.5 Å². The molecule has 2 atom stereocenters. The molecule has 0 aromatic carbocycles. The van der Waals surface area contributed by atoms with E-state index in [0.29, 0.717) is 6.42 Å². The number of rotatable bonds is 6. The maximum Gasteiger partial charge on any atom is 0.322 e. The maximum atomic E-state index is 12.1. The first-order valence-electron chi connectivity index (χ1n) is 5.67. The van der Waals surface area contributed by atoms with Gasteiger partial charge in [-0.05, 0) is 12.8 Å². The van der Waals surface area contributed by atoms with Gasteiger partial charge in [-0.25, -0.2) is 8.42 Å². The molecule has 108 valence electrons. The topological polar surface area (TPSA) is 136 Å². The fraction of sp³-hybridized carbons (Fsp3) is 0.600. The number of anilines is 1. The highest BCUT2D eigenvalue weighted by atomic mass is 32.2. The zero-order valence-corrected chi connectivity index (χ0v) is 11.7. The van der Waals surface area contributed by atoms with Crippen LogP contribution in [0.2, 0.25) is 0 Å². The normalized spacial score (nSPS) is 15.1. The Balaban J connectivity index is 3.12. The summed E-state index contributed by atoms with van der Waals surface area (Å²) in [4.78, 5) is 10.8. The van der Waals surface area contributed by atoms with E-state index in [0.717, 1.165) is 0 Å². The van der Waals surface area contributed by atoms with E-state index in [9.17, 15) is 13.2 Å². The second kappa shape index (κ2) is 5.57. The van der Waals surface area contributed by atoms with E-state index in [1.165, 1.54) is 6.92 Å². The first-order valence-corrected chi connectivity index (χ1v) is 7.15. The maximum absolute atomic E-state index is 12.1. The zero-order chi connectivity index (χ0) is 14.8. The lowest BCUT2D eigenvalue weighted by molar-refractivity contribution is -0.140. The van der Waals surface area contributed by atoms with Gasteiger partial charge >= 0.3 is 5.97 Å². The van der Waals surface area contributed by atoms with Gasteiger partial charge < -0.3 is 15.4 Å². The Labute approximate surface area is 111 Å². The molecule has 0 saturated heterocycles. The first-order chi connectivity index (χ1) is 8.70. The van der Waals surface area contributed by atoms with Crippen molar-refractivity contribution in [2.75, 3.05) is 5.73 Å². The van der Waals surface area contributed by atoms with Crippen LogP contribution in [0.4, 0.5) is 5.82 Å². The average molecular weight is 291 g/mol. The van der Waals surface area contributed by atoms with Crippen LogP contribution in [0, 0.1) is 12.8 Å². The van der Waals surface area contributed by atoms with Gasteiger partial charge in [0.05, 0.1) is 0 Å². The predicted molar refractivity (Wildman–Crippen MR) is 66.9 cm³/mol. The number of carboxylic acids is 1. The Morgan fingerprint density at radius 1 is 1.58 bits per heavy atom. The Kier molecular flexibility index (Phi) is 4.53. The third-order valence-corrected chi connectivity index (χ3v) is 4.46. The van der Waals surface area contributed by atoms with E-state index in [-0.39, 0.29) is 22.4 Å². The first kappa shape index (κ1) is 15.4. The van der Waals surface area contributed by atoms with Gasteiger partial charge in [0, 0.05) is 0 Å². The Morgan fingerprint density at radius 2 is 2.16 bits per heavy atom. The van der Waals surface area contributed by atoms with E-state index in [2.05, 4.69) is 14.4 Å². The molecule has 0 aliphatic rings. The molecule has 0 unspecified atom stereocenters. The molecule has 4 N–H and O–H groups in total. The summed E-state index contributed by atoms with van der Waals surface area (Å²) in [5.74, 6) is -1.89. The summed E-state index contributed by atoms with van der Waals surface area (Å²) in [6.07, 6.45) is 0.511. The van der Waals surface area contributed by atoms with E-state index in [1.54, 1.807) is 13.8 Å². The number of sulfonamides is 1. The van der Waals surface area contributed by atoms with Gasteiger partial charge in [-0.3, -0.25) is 4.79 Å². The standard InChI is InChI=1S/C10H17N3O5S/c1-4-5(2)7(10(14)15)13-19(16,17)8-6(3)18-12-9(8)11/h5,7,13H,4H2,1-3H3,(H2,11,12)(H,14,15)/t5-,7-/m0/s1.